The summed E-state index contributed by atoms with van der Waals surface area (Å²) < 4.78 is 10.7. The number of amides is 1. The molecule has 1 N–H and O–H groups in total. The molecule has 1 aliphatic heterocycles. The molecular formula is C13H17NO3S. The number of ether oxygens (including phenoxy) is 2. The van der Waals surface area contributed by atoms with Crippen LogP contribution < -0.4 is 5.32 Å². The number of hydrogen-bond donors (Lipinski definition) is 1. The minimum atomic E-state index is -0.0501. The molecule has 98 valence electrons. The summed E-state index contributed by atoms with van der Waals surface area (Å²) in [4.78, 5) is 12.1. The van der Waals surface area contributed by atoms with Crippen molar-refractivity contribution >= 4 is 23.4 Å². The van der Waals surface area contributed by atoms with E-state index in [1.54, 1.807) is 11.8 Å². The van der Waals surface area contributed by atoms with E-state index < -0.39 is 0 Å². The molecule has 2 rings (SSSR count). The van der Waals surface area contributed by atoms with Crippen LogP contribution in [0.2, 0.25) is 0 Å². The van der Waals surface area contributed by atoms with Gasteiger partial charge in [0.2, 0.25) is 5.91 Å². The first-order valence-corrected chi connectivity index (χ1v) is 6.96. The fourth-order valence-corrected chi connectivity index (χ4v) is 2.56. The normalized spacial score (nSPS) is 15.8. The summed E-state index contributed by atoms with van der Waals surface area (Å²) in [6.45, 7) is 2.92. The van der Waals surface area contributed by atoms with Crippen LogP contribution >= 0.6 is 11.8 Å². The van der Waals surface area contributed by atoms with Crippen molar-refractivity contribution in [1.29, 1.82) is 0 Å². The van der Waals surface area contributed by atoms with Crippen molar-refractivity contribution < 1.29 is 14.3 Å². The Labute approximate surface area is 111 Å². The Bertz CT molecular complexity index is 388. The third-order valence-electron chi connectivity index (χ3n) is 2.49. The molecule has 0 bridgehead atoms. The van der Waals surface area contributed by atoms with Gasteiger partial charge >= 0.3 is 0 Å². The van der Waals surface area contributed by atoms with Crippen LogP contribution in [0.3, 0.4) is 0 Å². The first kappa shape index (κ1) is 13.4. The van der Waals surface area contributed by atoms with Gasteiger partial charge in [0.25, 0.3) is 0 Å². The van der Waals surface area contributed by atoms with E-state index in [9.17, 15) is 4.79 Å². The first-order chi connectivity index (χ1) is 8.74. The van der Waals surface area contributed by atoms with Crippen LogP contribution in [0.15, 0.2) is 29.2 Å². The van der Waals surface area contributed by atoms with E-state index in [4.69, 9.17) is 9.47 Å². The molecule has 0 aromatic heterocycles. The fourth-order valence-electron chi connectivity index (χ4n) is 1.68. The lowest BCUT2D eigenvalue weighted by molar-refractivity contribution is -0.114. The van der Waals surface area contributed by atoms with Crippen molar-refractivity contribution in [3.8, 4) is 0 Å². The van der Waals surface area contributed by atoms with Crippen LogP contribution in [0, 0.1) is 0 Å². The number of hydrogen-bond acceptors (Lipinski definition) is 4. The third kappa shape index (κ3) is 4.33. The van der Waals surface area contributed by atoms with Gasteiger partial charge in [-0.25, -0.2) is 0 Å². The number of carbonyl (C=O) groups is 1. The Morgan fingerprint density at radius 2 is 2.00 bits per heavy atom. The SMILES string of the molecule is CC(=O)Nc1ccc(SCCC2OCCO2)cc1. The Morgan fingerprint density at radius 1 is 1.33 bits per heavy atom. The van der Waals surface area contributed by atoms with Crippen LogP contribution in [0.4, 0.5) is 5.69 Å². The average molecular weight is 267 g/mol. The van der Waals surface area contributed by atoms with E-state index in [2.05, 4.69) is 5.32 Å². The summed E-state index contributed by atoms with van der Waals surface area (Å²) in [5.74, 6) is 0.912. The molecule has 1 amide bonds. The average Bonchev–Trinajstić information content (AvgIpc) is 2.84. The summed E-state index contributed by atoms with van der Waals surface area (Å²) in [5, 5.41) is 2.74. The van der Waals surface area contributed by atoms with Crippen molar-refractivity contribution in [3.63, 3.8) is 0 Å². The molecule has 5 heteroatoms. The highest BCUT2D eigenvalue weighted by Gasteiger charge is 2.14. The zero-order valence-electron chi connectivity index (χ0n) is 10.3. The third-order valence-corrected chi connectivity index (χ3v) is 3.53. The molecule has 4 nitrogen and oxygen atoms in total. The minimum absolute atomic E-state index is 0.0313. The van der Waals surface area contributed by atoms with Crippen molar-refractivity contribution in [1.82, 2.24) is 0 Å². The highest BCUT2D eigenvalue weighted by Crippen LogP contribution is 2.22. The standard InChI is InChI=1S/C13H17NO3S/c1-10(15)14-11-2-4-12(5-3-11)18-9-6-13-16-7-8-17-13/h2-5,13H,6-9H2,1H3,(H,14,15). The van der Waals surface area contributed by atoms with Crippen molar-refractivity contribution in [3.05, 3.63) is 24.3 Å². The maximum atomic E-state index is 10.9. The number of benzene rings is 1. The molecule has 0 spiro atoms. The minimum Gasteiger partial charge on any atom is -0.350 e. The van der Waals surface area contributed by atoms with Crippen molar-refractivity contribution in [2.45, 2.75) is 24.5 Å². The Hall–Kier alpha value is -1.04. The number of thioether (sulfide) groups is 1. The molecule has 1 saturated heterocycles. The van der Waals surface area contributed by atoms with Crippen LogP contribution in [0.5, 0.6) is 0 Å². The van der Waals surface area contributed by atoms with E-state index in [-0.39, 0.29) is 12.2 Å². The molecule has 0 unspecified atom stereocenters. The van der Waals surface area contributed by atoms with Crippen LogP contribution in [0.25, 0.3) is 0 Å². The predicted octanol–water partition coefficient (Wildman–Crippen LogP) is 2.50. The van der Waals surface area contributed by atoms with Gasteiger partial charge < -0.3 is 14.8 Å². The highest BCUT2D eigenvalue weighted by molar-refractivity contribution is 7.99. The Balaban J connectivity index is 1.73. The summed E-state index contributed by atoms with van der Waals surface area (Å²) in [6.07, 6.45) is 0.870. The van der Waals surface area contributed by atoms with Gasteiger partial charge in [-0.15, -0.1) is 11.8 Å². The molecule has 0 radical (unpaired) electrons. The second-order valence-electron chi connectivity index (χ2n) is 4.01. The number of rotatable bonds is 5. The van der Waals surface area contributed by atoms with Gasteiger partial charge in [-0.2, -0.15) is 0 Å². The predicted molar refractivity (Wildman–Crippen MR) is 71.8 cm³/mol. The molecule has 0 saturated carbocycles. The van der Waals surface area contributed by atoms with E-state index in [0.717, 1.165) is 17.9 Å². The summed E-state index contributed by atoms with van der Waals surface area (Å²) in [5.41, 5.74) is 0.828. The lowest BCUT2D eigenvalue weighted by atomic mass is 10.3. The molecule has 0 atom stereocenters. The zero-order chi connectivity index (χ0) is 12.8. The topological polar surface area (TPSA) is 47.6 Å². The molecule has 0 aliphatic carbocycles. The van der Waals surface area contributed by atoms with Crippen LogP contribution in [-0.4, -0.2) is 31.2 Å². The molecule has 1 aromatic carbocycles. The van der Waals surface area contributed by atoms with Crippen LogP contribution in [-0.2, 0) is 14.3 Å². The Morgan fingerprint density at radius 3 is 2.61 bits per heavy atom. The maximum absolute atomic E-state index is 10.9. The van der Waals surface area contributed by atoms with Gasteiger partial charge in [0.15, 0.2) is 6.29 Å². The lowest BCUT2D eigenvalue weighted by Crippen LogP contribution is -2.08. The summed E-state index contributed by atoms with van der Waals surface area (Å²) >= 11 is 1.76. The lowest BCUT2D eigenvalue weighted by Gasteiger charge is -2.08. The smallest absolute Gasteiger partial charge is 0.221 e. The van der Waals surface area contributed by atoms with E-state index in [1.807, 2.05) is 24.3 Å². The molecule has 1 aliphatic rings. The number of anilines is 1. The van der Waals surface area contributed by atoms with E-state index >= 15 is 0 Å². The Kier molecular flexibility index (Phi) is 5.04. The largest absolute Gasteiger partial charge is 0.350 e. The molecule has 1 fully saturated rings. The molecule has 1 aromatic rings. The number of nitrogens with one attached hydrogen (secondary N) is 1. The van der Waals surface area contributed by atoms with Gasteiger partial charge in [0.05, 0.1) is 13.2 Å². The summed E-state index contributed by atoms with van der Waals surface area (Å²) in [7, 11) is 0. The van der Waals surface area contributed by atoms with E-state index in [0.29, 0.717) is 13.2 Å². The monoisotopic (exact) mass is 267 g/mol. The first-order valence-electron chi connectivity index (χ1n) is 5.98. The maximum Gasteiger partial charge on any atom is 0.221 e. The second-order valence-corrected chi connectivity index (χ2v) is 5.18. The van der Waals surface area contributed by atoms with Crippen molar-refractivity contribution in [2.24, 2.45) is 0 Å². The fraction of sp³-hybridized carbons (Fsp3) is 0.462. The molecular weight excluding hydrogens is 250 g/mol. The zero-order valence-corrected chi connectivity index (χ0v) is 11.2. The van der Waals surface area contributed by atoms with E-state index in [1.165, 1.54) is 11.8 Å². The molecule has 1 heterocycles. The quantitative estimate of drug-likeness (QED) is 0.833. The van der Waals surface area contributed by atoms with Gasteiger partial charge in [0.1, 0.15) is 0 Å². The van der Waals surface area contributed by atoms with Crippen LogP contribution in [0.1, 0.15) is 13.3 Å². The van der Waals surface area contributed by atoms with Gasteiger partial charge in [0, 0.05) is 29.7 Å². The molecule has 18 heavy (non-hydrogen) atoms. The number of carbonyl (C=O) groups excluding carboxylic acids is 1. The van der Waals surface area contributed by atoms with Gasteiger partial charge in [-0.05, 0) is 24.3 Å². The highest BCUT2D eigenvalue weighted by atomic mass is 32.2. The summed E-state index contributed by atoms with van der Waals surface area (Å²) in [6, 6.07) is 7.83. The van der Waals surface area contributed by atoms with Gasteiger partial charge in [-0.1, -0.05) is 0 Å². The second kappa shape index (κ2) is 6.78. The van der Waals surface area contributed by atoms with Gasteiger partial charge in [-0.3, -0.25) is 4.79 Å². The van der Waals surface area contributed by atoms with Crippen molar-refractivity contribution in [2.75, 3.05) is 24.3 Å².